The monoisotopic (exact) mass is 226 g/mol. The predicted molar refractivity (Wildman–Crippen MR) is 52.2 cm³/mol. The van der Waals surface area contributed by atoms with Crippen LogP contribution in [0.15, 0.2) is 0 Å². The van der Waals surface area contributed by atoms with Gasteiger partial charge in [-0.2, -0.15) is 0 Å². The van der Waals surface area contributed by atoms with Gasteiger partial charge in [-0.1, -0.05) is 42.1 Å². The first kappa shape index (κ1) is 10.8. The van der Waals surface area contributed by atoms with Crippen LogP contribution in [0, 0.1) is 0 Å². The average Bonchev–Trinajstić information content (AvgIpc) is 1.89. The third kappa shape index (κ3) is 6.88. The van der Waals surface area contributed by atoms with Crippen molar-refractivity contribution in [1.29, 1.82) is 0 Å². The van der Waals surface area contributed by atoms with Crippen molar-refractivity contribution in [3.63, 3.8) is 0 Å². The van der Waals surface area contributed by atoms with Crippen molar-refractivity contribution in [1.82, 2.24) is 0 Å². The first-order chi connectivity index (χ1) is 4.81. The summed E-state index contributed by atoms with van der Waals surface area (Å²) in [5.41, 5.74) is 0. The molecule has 0 aromatic carbocycles. The summed E-state index contributed by atoms with van der Waals surface area (Å²) in [6, 6.07) is 0. The molecular weight excluding hydrogens is 211 g/mol. The summed E-state index contributed by atoms with van der Waals surface area (Å²) >= 11 is 9.36. The zero-order valence-corrected chi connectivity index (χ0v) is 8.92. The van der Waals surface area contributed by atoms with Gasteiger partial charge < -0.3 is 0 Å². The minimum atomic E-state index is 0.394. The van der Waals surface area contributed by atoms with Crippen molar-refractivity contribution in [3.8, 4) is 0 Å². The molecule has 0 heterocycles. The highest BCUT2D eigenvalue weighted by molar-refractivity contribution is 9.09. The first-order valence-electron chi connectivity index (χ1n) is 4.01. The van der Waals surface area contributed by atoms with Crippen LogP contribution in [0.1, 0.15) is 39.0 Å². The van der Waals surface area contributed by atoms with E-state index < -0.39 is 0 Å². The first-order valence-corrected chi connectivity index (χ1v) is 5.57. The Bertz CT molecular complexity index is 66.3. The second-order valence-electron chi connectivity index (χ2n) is 2.57. The number of halogens is 2. The van der Waals surface area contributed by atoms with Gasteiger partial charge in [0.1, 0.15) is 0 Å². The van der Waals surface area contributed by atoms with Gasteiger partial charge in [0.15, 0.2) is 0 Å². The number of hydrogen-bond donors (Lipinski definition) is 0. The Morgan fingerprint density at radius 1 is 1.30 bits per heavy atom. The molecule has 0 radical (unpaired) electrons. The second kappa shape index (κ2) is 7.87. The van der Waals surface area contributed by atoms with Gasteiger partial charge in [0.2, 0.25) is 0 Å². The molecule has 10 heavy (non-hydrogen) atoms. The summed E-state index contributed by atoms with van der Waals surface area (Å²) in [6.45, 7) is 2.22. The molecule has 62 valence electrons. The molecule has 0 N–H and O–H groups in total. The smallest absolute Gasteiger partial charge is 0.0344 e. The number of alkyl halides is 2. The maximum absolute atomic E-state index is 5.99. The van der Waals surface area contributed by atoms with E-state index in [0.29, 0.717) is 5.38 Å². The average molecular weight is 228 g/mol. The van der Waals surface area contributed by atoms with Crippen LogP contribution in [0.2, 0.25) is 0 Å². The van der Waals surface area contributed by atoms with Crippen LogP contribution in [0.4, 0.5) is 0 Å². The lowest BCUT2D eigenvalue weighted by atomic mass is 10.1. The van der Waals surface area contributed by atoms with Crippen LogP contribution < -0.4 is 0 Å². The molecule has 0 spiro atoms. The lowest BCUT2D eigenvalue weighted by Crippen LogP contribution is -1.98. The number of rotatable bonds is 6. The van der Waals surface area contributed by atoms with Gasteiger partial charge in [0, 0.05) is 10.7 Å². The summed E-state index contributed by atoms with van der Waals surface area (Å²) in [5, 5.41) is 1.43. The SMILES string of the molecule is CCCCCC(Cl)CCBr. The molecule has 0 amide bonds. The highest BCUT2D eigenvalue weighted by Crippen LogP contribution is 2.13. The van der Waals surface area contributed by atoms with Crippen LogP contribution in [0.25, 0.3) is 0 Å². The Labute approximate surface area is 77.5 Å². The Kier molecular flexibility index (Phi) is 8.48. The molecule has 0 aromatic heterocycles. The van der Waals surface area contributed by atoms with E-state index >= 15 is 0 Å². The Balaban J connectivity index is 2.97. The van der Waals surface area contributed by atoms with Crippen molar-refractivity contribution < 1.29 is 0 Å². The molecule has 0 rings (SSSR count). The van der Waals surface area contributed by atoms with Crippen molar-refractivity contribution in [3.05, 3.63) is 0 Å². The molecule has 0 aliphatic rings. The Morgan fingerprint density at radius 2 is 2.00 bits per heavy atom. The molecular formula is C8H16BrCl. The third-order valence-corrected chi connectivity index (χ3v) is 2.44. The standard InChI is InChI=1S/C8H16BrCl/c1-2-3-4-5-8(10)6-7-9/h8H,2-7H2,1H3. The van der Waals surface area contributed by atoms with Gasteiger partial charge in [-0.3, -0.25) is 0 Å². The van der Waals surface area contributed by atoms with E-state index in [4.69, 9.17) is 11.6 Å². The van der Waals surface area contributed by atoms with Crippen molar-refractivity contribution in [2.24, 2.45) is 0 Å². The fraction of sp³-hybridized carbons (Fsp3) is 1.00. The molecule has 0 aliphatic heterocycles. The molecule has 0 nitrogen and oxygen atoms in total. The lowest BCUT2D eigenvalue weighted by Gasteiger charge is -2.05. The van der Waals surface area contributed by atoms with E-state index in [9.17, 15) is 0 Å². The topological polar surface area (TPSA) is 0 Å². The molecule has 0 saturated carbocycles. The molecule has 0 fully saturated rings. The van der Waals surface area contributed by atoms with Crippen molar-refractivity contribution in [2.75, 3.05) is 5.33 Å². The highest BCUT2D eigenvalue weighted by atomic mass is 79.9. The van der Waals surface area contributed by atoms with Crippen LogP contribution in [0.3, 0.4) is 0 Å². The summed E-state index contributed by atoms with van der Waals surface area (Å²) in [7, 11) is 0. The van der Waals surface area contributed by atoms with E-state index in [1.165, 1.54) is 25.7 Å². The highest BCUT2D eigenvalue weighted by Gasteiger charge is 2.01. The van der Waals surface area contributed by atoms with Gasteiger partial charge in [-0.05, 0) is 12.8 Å². The molecule has 1 unspecified atom stereocenters. The minimum absolute atomic E-state index is 0.394. The fourth-order valence-corrected chi connectivity index (χ4v) is 1.96. The van der Waals surface area contributed by atoms with Crippen molar-refractivity contribution >= 4 is 27.5 Å². The van der Waals surface area contributed by atoms with Crippen molar-refractivity contribution in [2.45, 2.75) is 44.4 Å². The van der Waals surface area contributed by atoms with Crippen LogP contribution in [-0.2, 0) is 0 Å². The largest absolute Gasteiger partial charge is 0.123 e. The van der Waals surface area contributed by atoms with Gasteiger partial charge in [-0.25, -0.2) is 0 Å². The fourth-order valence-electron chi connectivity index (χ4n) is 0.879. The van der Waals surface area contributed by atoms with Crippen LogP contribution in [-0.4, -0.2) is 10.7 Å². The lowest BCUT2D eigenvalue weighted by molar-refractivity contribution is 0.633. The molecule has 1 atom stereocenters. The van der Waals surface area contributed by atoms with E-state index in [1.54, 1.807) is 0 Å². The molecule has 0 aliphatic carbocycles. The molecule has 0 bridgehead atoms. The van der Waals surface area contributed by atoms with E-state index in [-0.39, 0.29) is 0 Å². The van der Waals surface area contributed by atoms with Crippen LogP contribution in [0.5, 0.6) is 0 Å². The molecule has 0 saturated heterocycles. The van der Waals surface area contributed by atoms with E-state index in [1.807, 2.05) is 0 Å². The van der Waals surface area contributed by atoms with E-state index in [0.717, 1.165) is 11.8 Å². The normalized spacial score (nSPS) is 13.5. The van der Waals surface area contributed by atoms with Gasteiger partial charge >= 0.3 is 0 Å². The number of hydrogen-bond acceptors (Lipinski definition) is 0. The maximum atomic E-state index is 5.99. The summed E-state index contributed by atoms with van der Waals surface area (Å²) in [5.74, 6) is 0. The molecule has 0 aromatic rings. The molecule has 2 heteroatoms. The van der Waals surface area contributed by atoms with E-state index in [2.05, 4.69) is 22.9 Å². The van der Waals surface area contributed by atoms with Gasteiger partial charge in [-0.15, -0.1) is 11.6 Å². The summed E-state index contributed by atoms with van der Waals surface area (Å²) in [6.07, 6.45) is 6.19. The zero-order chi connectivity index (χ0) is 7.82. The third-order valence-electron chi connectivity index (χ3n) is 1.54. The zero-order valence-electron chi connectivity index (χ0n) is 6.58. The second-order valence-corrected chi connectivity index (χ2v) is 3.98. The quantitative estimate of drug-likeness (QED) is 0.476. The van der Waals surface area contributed by atoms with Gasteiger partial charge in [0.05, 0.1) is 0 Å². The predicted octanol–water partition coefficient (Wildman–Crippen LogP) is 3.96. The summed E-state index contributed by atoms with van der Waals surface area (Å²) in [4.78, 5) is 0. The maximum Gasteiger partial charge on any atom is 0.0344 e. The Morgan fingerprint density at radius 3 is 2.50 bits per heavy atom. The minimum Gasteiger partial charge on any atom is -0.123 e. The van der Waals surface area contributed by atoms with Crippen LogP contribution >= 0.6 is 27.5 Å². The van der Waals surface area contributed by atoms with Gasteiger partial charge in [0.25, 0.3) is 0 Å². The summed E-state index contributed by atoms with van der Waals surface area (Å²) < 4.78 is 0. The Hall–Kier alpha value is 0.770. The number of unbranched alkanes of at least 4 members (excludes halogenated alkanes) is 2.